The van der Waals surface area contributed by atoms with Crippen molar-refractivity contribution in [3.63, 3.8) is 0 Å². The molecule has 3 rings (SSSR count). The van der Waals surface area contributed by atoms with Crippen molar-refractivity contribution < 1.29 is 0 Å². The van der Waals surface area contributed by atoms with Gasteiger partial charge in [-0.2, -0.15) is 0 Å². The number of nitrogens with one attached hydrogen (secondary N) is 1. The lowest BCUT2D eigenvalue weighted by molar-refractivity contribution is 0.304. The molecule has 2 saturated heterocycles. The molecule has 19 heavy (non-hydrogen) atoms. The summed E-state index contributed by atoms with van der Waals surface area (Å²) in [4.78, 5) is 2.65. The first kappa shape index (κ1) is 14.8. The third-order valence-electron chi connectivity index (χ3n) is 4.69. The quantitative estimate of drug-likeness (QED) is 0.896. The average molecular weight is 281 g/mol. The highest BCUT2D eigenvalue weighted by molar-refractivity contribution is 5.85. The van der Waals surface area contributed by atoms with E-state index in [1.807, 2.05) is 0 Å². The van der Waals surface area contributed by atoms with Crippen LogP contribution in [0.25, 0.3) is 0 Å². The van der Waals surface area contributed by atoms with Crippen LogP contribution in [-0.2, 0) is 6.54 Å². The molecule has 0 unspecified atom stereocenters. The van der Waals surface area contributed by atoms with Gasteiger partial charge in [-0.15, -0.1) is 12.4 Å². The molecular weight excluding hydrogens is 256 g/mol. The second kappa shape index (κ2) is 5.82. The monoisotopic (exact) mass is 280 g/mol. The zero-order valence-electron chi connectivity index (χ0n) is 12.2. The number of aryl methyl sites for hydroxylation is 3. The molecular formula is C16H25ClN2. The summed E-state index contributed by atoms with van der Waals surface area (Å²) >= 11 is 0. The van der Waals surface area contributed by atoms with Gasteiger partial charge in [0.2, 0.25) is 0 Å². The first-order valence-electron chi connectivity index (χ1n) is 7.13. The topological polar surface area (TPSA) is 15.3 Å². The summed E-state index contributed by atoms with van der Waals surface area (Å²) in [5.74, 6) is 1.80. The first-order chi connectivity index (χ1) is 8.63. The minimum absolute atomic E-state index is 0. The molecule has 2 atom stereocenters. The summed E-state index contributed by atoms with van der Waals surface area (Å²) in [5, 5.41) is 3.51. The average Bonchev–Trinajstić information content (AvgIpc) is 2.83. The minimum atomic E-state index is 0. The lowest BCUT2D eigenvalue weighted by atomic mass is 9.99. The van der Waals surface area contributed by atoms with Crippen molar-refractivity contribution in [1.82, 2.24) is 10.2 Å². The molecule has 2 fully saturated rings. The van der Waals surface area contributed by atoms with Crippen molar-refractivity contribution in [2.24, 2.45) is 11.8 Å². The van der Waals surface area contributed by atoms with E-state index in [4.69, 9.17) is 0 Å². The fraction of sp³-hybridized carbons (Fsp3) is 0.625. The number of halogens is 1. The highest BCUT2D eigenvalue weighted by Crippen LogP contribution is 2.28. The van der Waals surface area contributed by atoms with E-state index >= 15 is 0 Å². The van der Waals surface area contributed by atoms with Crippen LogP contribution in [0.2, 0.25) is 0 Å². The van der Waals surface area contributed by atoms with Crippen molar-refractivity contribution in [3.05, 3.63) is 34.4 Å². The Morgan fingerprint density at radius 3 is 2.11 bits per heavy atom. The molecule has 2 aliphatic rings. The standard InChI is InChI=1S/C16H24N2.ClH/c1-11-4-12(2)16(13(3)5-11)10-18-8-14-6-17-7-15(14)9-18;/h4-5,14-15,17H,6-10H2,1-3H3;1H/t14-,15+;. The zero-order chi connectivity index (χ0) is 12.7. The van der Waals surface area contributed by atoms with E-state index < -0.39 is 0 Å². The highest BCUT2D eigenvalue weighted by Gasteiger charge is 2.35. The van der Waals surface area contributed by atoms with Gasteiger partial charge in [-0.25, -0.2) is 0 Å². The second-order valence-electron chi connectivity index (χ2n) is 6.25. The van der Waals surface area contributed by atoms with Gasteiger partial charge < -0.3 is 5.32 Å². The van der Waals surface area contributed by atoms with Crippen LogP contribution >= 0.6 is 12.4 Å². The summed E-state index contributed by atoms with van der Waals surface area (Å²) in [6, 6.07) is 4.64. The van der Waals surface area contributed by atoms with Crippen molar-refractivity contribution in [1.29, 1.82) is 0 Å². The number of hydrogen-bond acceptors (Lipinski definition) is 2. The maximum Gasteiger partial charge on any atom is 0.0239 e. The van der Waals surface area contributed by atoms with Gasteiger partial charge in [0.1, 0.15) is 0 Å². The Bertz CT molecular complexity index is 423. The van der Waals surface area contributed by atoms with Crippen LogP contribution in [0.4, 0.5) is 0 Å². The number of likely N-dealkylation sites (tertiary alicyclic amines) is 1. The van der Waals surface area contributed by atoms with Crippen molar-refractivity contribution >= 4 is 12.4 Å². The summed E-state index contributed by atoms with van der Waals surface area (Å²) in [6.07, 6.45) is 0. The SMILES string of the molecule is Cc1cc(C)c(CN2C[C@H]3CNC[C@H]3C2)c(C)c1.Cl. The molecule has 1 aromatic rings. The summed E-state index contributed by atoms with van der Waals surface area (Å²) in [6.45, 7) is 12.9. The lowest BCUT2D eigenvalue weighted by Gasteiger charge is -2.20. The molecule has 2 aliphatic heterocycles. The molecule has 106 valence electrons. The van der Waals surface area contributed by atoms with Crippen molar-refractivity contribution in [2.45, 2.75) is 27.3 Å². The Labute approximate surface area is 123 Å². The number of benzene rings is 1. The molecule has 0 radical (unpaired) electrons. The van der Waals surface area contributed by atoms with E-state index in [9.17, 15) is 0 Å². The van der Waals surface area contributed by atoms with E-state index in [0.29, 0.717) is 0 Å². The Hall–Kier alpha value is -0.570. The van der Waals surface area contributed by atoms with E-state index in [2.05, 4.69) is 43.1 Å². The number of hydrogen-bond donors (Lipinski definition) is 1. The van der Waals surface area contributed by atoms with Crippen LogP contribution in [0.3, 0.4) is 0 Å². The van der Waals surface area contributed by atoms with Crippen LogP contribution in [-0.4, -0.2) is 31.1 Å². The van der Waals surface area contributed by atoms with Gasteiger partial charge in [-0.05, 0) is 62.4 Å². The molecule has 0 amide bonds. The maximum atomic E-state index is 3.51. The van der Waals surface area contributed by atoms with Crippen LogP contribution in [0.15, 0.2) is 12.1 Å². The van der Waals surface area contributed by atoms with E-state index in [1.165, 1.54) is 42.9 Å². The second-order valence-corrected chi connectivity index (χ2v) is 6.25. The zero-order valence-corrected chi connectivity index (χ0v) is 13.0. The van der Waals surface area contributed by atoms with Gasteiger partial charge in [0.25, 0.3) is 0 Å². The van der Waals surface area contributed by atoms with E-state index in [0.717, 1.165) is 18.4 Å². The third kappa shape index (κ3) is 2.96. The van der Waals surface area contributed by atoms with Gasteiger partial charge in [0, 0.05) is 19.6 Å². The molecule has 0 aromatic heterocycles. The van der Waals surface area contributed by atoms with Crippen LogP contribution in [0, 0.1) is 32.6 Å². The Morgan fingerprint density at radius 1 is 1.05 bits per heavy atom. The molecule has 1 N–H and O–H groups in total. The molecule has 1 aromatic carbocycles. The molecule has 0 spiro atoms. The predicted octanol–water partition coefficient (Wildman–Crippen LogP) is 2.68. The van der Waals surface area contributed by atoms with Crippen LogP contribution in [0.1, 0.15) is 22.3 Å². The fourth-order valence-electron chi connectivity index (χ4n) is 3.76. The summed E-state index contributed by atoms with van der Waals surface area (Å²) in [5.41, 5.74) is 5.86. The van der Waals surface area contributed by atoms with Gasteiger partial charge in [-0.3, -0.25) is 4.90 Å². The number of nitrogens with zero attached hydrogens (tertiary/aromatic N) is 1. The molecule has 2 heterocycles. The Morgan fingerprint density at radius 2 is 1.58 bits per heavy atom. The first-order valence-corrected chi connectivity index (χ1v) is 7.13. The minimum Gasteiger partial charge on any atom is -0.316 e. The number of rotatable bonds is 2. The van der Waals surface area contributed by atoms with Crippen molar-refractivity contribution in [2.75, 3.05) is 26.2 Å². The van der Waals surface area contributed by atoms with Gasteiger partial charge in [0.05, 0.1) is 0 Å². The predicted molar refractivity (Wildman–Crippen MR) is 83.0 cm³/mol. The summed E-state index contributed by atoms with van der Waals surface area (Å²) < 4.78 is 0. The third-order valence-corrected chi connectivity index (χ3v) is 4.69. The highest BCUT2D eigenvalue weighted by atomic mass is 35.5. The van der Waals surface area contributed by atoms with Crippen LogP contribution in [0.5, 0.6) is 0 Å². The van der Waals surface area contributed by atoms with Gasteiger partial charge >= 0.3 is 0 Å². The Kier molecular flexibility index (Phi) is 4.54. The van der Waals surface area contributed by atoms with Gasteiger partial charge in [0.15, 0.2) is 0 Å². The molecule has 3 heteroatoms. The van der Waals surface area contributed by atoms with E-state index in [1.54, 1.807) is 5.56 Å². The number of fused-ring (bicyclic) bond motifs is 1. The van der Waals surface area contributed by atoms with E-state index in [-0.39, 0.29) is 12.4 Å². The largest absolute Gasteiger partial charge is 0.316 e. The molecule has 0 aliphatic carbocycles. The van der Waals surface area contributed by atoms with Crippen molar-refractivity contribution in [3.8, 4) is 0 Å². The Balaban J connectivity index is 0.00000133. The summed E-state index contributed by atoms with van der Waals surface area (Å²) in [7, 11) is 0. The molecule has 0 bridgehead atoms. The lowest BCUT2D eigenvalue weighted by Crippen LogP contribution is -2.26. The fourth-order valence-corrected chi connectivity index (χ4v) is 3.76. The maximum absolute atomic E-state index is 3.51. The normalized spacial score (nSPS) is 26.3. The van der Waals surface area contributed by atoms with Gasteiger partial charge in [-0.1, -0.05) is 17.7 Å². The smallest absolute Gasteiger partial charge is 0.0239 e. The molecule has 2 nitrogen and oxygen atoms in total. The van der Waals surface area contributed by atoms with Crippen LogP contribution < -0.4 is 5.32 Å². The molecule has 0 saturated carbocycles.